The van der Waals surface area contributed by atoms with Gasteiger partial charge in [-0.15, -0.1) is 0 Å². The maximum Gasteiger partial charge on any atom is 0.261 e. The predicted molar refractivity (Wildman–Crippen MR) is 112 cm³/mol. The molecule has 1 unspecified atom stereocenters. The largest absolute Gasteiger partial charge is 0.484 e. The Kier molecular flexibility index (Phi) is 6.02. The Morgan fingerprint density at radius 2 is 1.97 bits per heavy atom. The lowest BCUT2D eigenvalue weighted by atomic mass is 10.0. The number of nitrogens with zero attached hydrogens (tertiary/aromatic N) is 3. The number of para-hydroxylation sites is 1. The van der Waals surface area contributed by atoms with Gasteiger partial charge in [-0.05, 0) is 49.6 Å². The molecule has 29 heavy (non-hydrogen) atoms. The Morgan fingerprint density at radius 1 is 1.14 bits per heavy atom. The highest BCUT2D eigenvalue weighted by Gasteiger charge is 2.30. The van der Waals surface area contributed by atoms with E-state index in [0.29, 0.717) is 34.0 Å². The Hall–Kier alpha value is -2.57. The number of carbonyl (C=O) groups is 1. The lowest BCUT2D eigenvalue weighted by molar-refractivity contribution is -0.137. The van der Waals surface area contributed by atoms with Crippen molar-refractivity contribution < 1.29 is 9.53 Å². The van der Waals surface area contributed by atoms with Crippen molar-refractivity contribution in [2.24, 2.45) is 0 Å². The molecule has 1 aromatic heterocycles. The number of hydrogen-bond acceptors (Lipinski definition) is 4. The minimum atomic E-state index is -0.153. The highest BCUT2D eigenvalue weighted by Crippen LogP contribution is 2.31. The average Bonchev–Trinajstić information content (AvgIpc) is 3.25. The molecular formula is C21H20Cl2N4O2. The Balaban J connectivity index is 1.49. The van der Waals surface area contributed by atoms with Crippen LogP contribution in [0.25, 0.3) is 11.4 Å². The SMILES string of the molecule is O=C(COc1ccccc1)N1CCCCC1c1nc(-c2ccc(Cl)c(Cl)c2)n[nH]1. The fourth-order valence-corrected chi connectivity index (χ4v) is 3.74. The van der Waals surface area contributed by atoms with Crippen molar-refractivity contribution in [1.82, 2.24) is 20.1 Å². The van der Waals surface area contributed by atoms with Crippen LogP contribution in [0.4, 0.5) is 0 Å². The van der Waals surface area contributed by atoms with Crippen LogP contribution in [0.3, 0.4) is 0 Å². The first-order valence-corrected chi connectivity index (χ1v) is 10.2. The summed E-state index contributed by atoms with van der Waals surface area (Å²) in [5.74, 6) is 1.80. The standard InChI is InChI=1S/C21H20Cl2N4O2/c22-16-10-9-14(12-17(16)23)20-24-21(26-25-20)18-8-4-5-11-27(18)19(28)13-29-15-6-2-1-3-7-15/h1-3,6-7,9-10,12,18H,4-5,8,11,13H2,(H,24,25,26). The first-order valence-electron chi connectivity index (χ1n) is 9.47. The second-order valence-corrected chi connectivity index (χ2v) is 7.69. The van der Waals surface area contributed by atoms with Crippen LogP contribution in [0.1, 0.15) is 31.1 Å². The van der Waals surface area contributed by atoms with Crippen LogP contribution < -0.4 is 4.74 Å². The first kappa shape index (κ1) is 19.7. The Morgan fingerprint density at radius 3 is 2.76 bits per heavy atom. The van der Waals surface area contributed by atoms with Gasteiger partial charge in [0, 0.05) is 12.1 Å². The van der Waals surface area contributed by atoms with Gasteiger partial charge in [-0.2, -0.15) is 5.10 Å². The van der Waals surface area contributed by atoms with Crippen LogP contribution >= 0.6 is 23.2 Å². The molecule has 1 aliphatic heterocycles. The number of ether oxygens (including phenoxy) is 1. The molecule has 0 spiro atoms. The molecule has 2 aromatic carbocycles. The molecule has 1 atom stereocenters. The van der Waals surface area contributed by atoms with E-state index in [1.54, 1.807) is 12.1 Å². The minimum Gasteiger partial charge on any atom is -0.484 e. The number of hydrogen-bond donors (Lipinski definition) is 1. The van der Waals surface area contributed by atoms with Crippen molar-refractivity contribution in [3.8, 4) is 17.1 Å². The average molecular weight is 431 g/mol. The van der Waals surface area contributed by atoms with E-state index in [0.717, 1.165) is 24.8 Å². The van der Waals surface area contributed by atoms with E-state index in [4.69, 9.17) is 27.9 Å². The fraction of sp³-hybridized carbons (Fsp3) is 0.286. The van der Waals surface area contributed by atoms with Crippen LogP contribution in [0.2, 0.25) is 10.0 Å². The van der Waals surface area contributed by atoms with E-state index < -0.39 is 0 Å². The zero-order chi connectivity index (χ0) is 20.2. The van der Waals surface area contributed by atoms with E-state index in [2.05, 4.69) is 15.2 Å². The van der Waals surface area contributed by atoms with Crippen LogP contribution in [-0.2, 0) is 4.79 Å². The van der Waals surface area contributed by atoms with E-state index in [-0.39, 0.29) is 18.6 Å². The zero-order valence-corrected chi connectivity index (χ0v) is 17.2. The summed E-state index contributed by atoms with van der Waals surface area (Å²) in [5, 5.41) is 8.24. The fourth-order valence-electron chi connectivity index (χ4n) is 3.45. The molecule has 1 saturated heterocycles. The van der Waals surface area contributed by atoms with Crippen LogP contribution in [0.5, 0.6) is 5.75 Å². The van der Waals surface area contributed by atoms with Gasteiger partial charge in [-0.25, -0.2) is 4.98 Å². The molecule has 0 bridgehead atoms. The molecule has 4 rings (SSSR count). The molecule has 1 aliphatic rings. The second-order valence-electron chi connectivity index (χ2n) is 6.87. The molecule has 0 aliphatic carbocycles. The van der Waals surface area contributed by atoms with E-state index in [1.165, 1.54) is 0 Å². The number of rotatable bonds is 5. The molecule has 1 amide bonds. The monoisotopic (exact) mass is 430 g/mol. The maximum absolute atomic E-state index is 12.8. The molecule has 1 N–H and O–H groups in total. The van der Waals surface area contributed by atoms with Crippen molar-refractivity contribution in [2.45, 2.75) is 25.3 Å². The molecule has 8 heteroatoms. The van der Waals surface area contributed by atoms with Gasteiger partial charge in [-0.3, -0.25) is 9.89 Å². The number of aromatic amines is 1. The molecular weight excluding hydrogens is 411 g/mol. The number of piperidine rings is 1. The third kappa shape index (κ3) is 4.54. The molecule has 2 heterocycles. The van der Waals surface area contributed by atoms with Gasteiger partial charge in [0.05, 0.1) is 16.1 Å². The third-order valence-corrected chi connectivity index (χ3v) is 5.66. The summed E-state index contributed by atoms with van der Waals surface area (Å²) in [5.41, 5.74) is 0.767. The van der Waals surface area contributed by atoms with E-state index in [9.17, 15) is 4.79 Å². The lowest BCUT2D eigenvalue weighted by Gasteiger charge is -2.34. The number of benzene rings is 2. The molecule has 1 fully saturated rings. The summed E-state index contributed by atoms with van der Waals surface area (Å²) < 4.78 is 5.64. The number of aromatic nitrogens is 3. The van der Waals surface area contributed by atoms with Crippen LogP contribution in [-0.4, -0.2) is 39.1 Å². The van der Waals surface area contributed by atoms with E-state index >= 15 is 0 Å². The number of amides is 1. The summed E-state index contributed by atoms with van der Waals surface area (Å²) >= 11 is 12.1. The number of nitrogens with one attached hydrogen (secondary N) is 1. The Bertz CT molecular complexity index is 993. The minimum absolute atomic E-state index is 0.00565. The topological polar surface area (TPSA) is 71.1 Å². The van der Waals surface area contributed by atoms with Gasteiger partial charge in [-0.1, -0.05) is 41.4 Å². The number of H-pyrrole nitrogens is 1. The summed E-state index contributed by atoms with van der Waals surface area (Å²) in [7, 11) is 0. The molecule has 3 aromatic rings. The van der Waals surface area contributed by atoms with Gasteiger partial charge in [0.2, 0.25) is 0 Å². The molecule has 150 valence electrons. The zero-order valence-electron chi connectivity index (χ0n) is 15.6. The third-order valence-electron chi connectivity index (χ3n) is 4.92. The molecule has 0 saturated carbocycles. The first-order chi connectivity index (χ1) is 14.1. The van der Waals surface area contributed by atoms with Crippen LogP contribution in [0, 0.1) is 0 Å². The quantitative estimate of drug-likeness (QED) is 0.623. The Labute approximate surface area is 178 Å². The van der Waals surface area contributed by atoms with Crippen molar-refractivity contribution >= 4 is 29.1 Å². The summed E-state index contributed by atoms with van der Waals surface area (Å²) in [6.07, 6.45) is 2.81. The van der Waals surface area contributed by atoms with Gasteiger partial charge < -0.3 is 9.64 Å². The van der Waals surface area contributed by atoms with Crippen molar-refractivity contribution in [1.29, 1.82) is 0 Å². The summed E-state index contributed by atoms with van der Waals surface area (Å²) in [6, 6.07) is 14.4. The lowest BCUT2D eigenvalue weighted by Crippen LogP contribution is -2.41. The van der Waals surface area contributed by atoms with Crippen molar-refractivity contribution in [3.05, 3.63) is 64.4 Å². The number of halogens is 2. The maximum atomic E-state index is 12.8. The second kappa shape index (κ2) is 8.84. The summed E-state index contributed by atoms with van der Waals surface area (Å²) in [4.78, 5) is 19.3. The van der Waals surface area contributed by atoms with Gasteiger partial charge in [0.15, 0.2) is 12.4 Å². The highest BCUT2D eigenvalue weighted by atomic mass is 35.5. The number of carbonyl (C=O) groups excluding carboxylic acids is 1. The number of likely N-dealkylation sites (tertiary alicyclic amines) is 1. The van der Waals surface area contributed by atoms with E-state index in [1.807, 2.05) is 41.3 Å². The normalized spacial score (nSPS) is 16.6. The van der Waals surface area contributed by atoms with Crippen molar-refractivity contribution in [3.63, 3.8) is 0 Å². The van der Waals surface area contributed by atoms with Gasteiger partial charge >= 0.3 is 0 Å². The summed E-state index contributed by atoms with van der Waals surface area (Å²) in [6.45, 7) is 0.665. The van der Waals surface area contributed by atoms with Crippen LogP contribution in [0.15, 0.2) is 48.5 Å². The molecule has 6 nitrogen and oxygen atoms in total. The van der Waals surface area contributed by atoms with Gasteiger partial charge in [0.1, 0.15) is 11.6 Å². The predicted octanol–water partition coefficient (Wildman–Crippen LogP) is 4.91. The van der Waals surface area contributed by atoms with Gasteiger partial charge in [0.25, 0.3) is 5.91 Å². The van der Waals surface area contributed by atoms with Crippen molar-refractivity contribution in [2.75, 3.05) is 13.2 Å². The highest BCUT2D eigenvalue weighted by molar-refractivity contribution is 6.42. The smallest absolute Gasteiger partial charge is 0.261 e. The molecule has 0 radical (unpaired) electrons.